The number of fused-ring (bicyclic) bond motifs is 1. The summed E-state index contributed by atoms with van der Waals surface area (Å²) in [6.45, 7) is 0. The third-order valence-corrected chi connectivity index (χ3v) is 4.53. The molecule has 0 atom stereocenters. The lowest BCUT2D eigenvalue weighted by Gasteiger charge is -2.05. The van der Waals surface area contributed by atoms with Crippen molar-refractivity contribution in [1.82, 2.24) is 10.4 Å². The minimum absolute atomic E-state index is 0.177. The van der Waals surface area contributed by atoms with Gasteiger partial charge in [-0.3, -0.25) is 9.78 Å². The Hall–Kier alpha value is -2.86. The zero-order valence-corrected chi connectivity index (χ0v) is 14.5. The lowest BCUT2D eigenvalue weighted by atomic mass is 10.2. The van der Waals surface area contributed by atoms with Gasteiger partial charge in [0.15, 0.2) is 0 Å². The van der Waals surface area contributed by atoms with Gasteiger partial charge < -0.3 is 4.74 Å². The number of ether oxygens (including phenoxy) is 1. The van der Waals surface area contributed by atoms with Gasteiger partial charge in [0.1, 0.15) is 5.75 Å². The molecule has 2 aromatic carbocycles. The Morgan fingerprint density at radius 1 is 1.20 bits per heavy atom. The van der Waals surface area contributed by atoms with Crippen LogP contribution in [-0.2, 0) is 4.79 Å². The van der Waals surface area contributed by atoms with Crippen molar-refractivity contribution in [1.29, 1.82) is 0 Å². The first-order valence-corrected chi connectivity index (χ1v) is 8.68. The van der Waals surface area contributed by atoms with Crippen LogP contribution in [0.4, 0.5) is 0 Å². The molecule has 3 rings (SSSR count). The lowest BCUT2D eigenvalue weighted by Crippen LogP contribution is -2.19. The van der Waals surface area contributed by atoms with Crippen molar-refractivity contribution in [3.8, 4) is 5.75 Å². The second-order valence-corrected chi connectivity index (χ2v) is 6.17. The van der Waals surface area contributed by atoms with Crippen molar-refractivity contribution in [2.45, 2.75) is 4.90 Å². The zero-order valence-electron chi connectivity index (χ0n) is 13.7. The normalized spacial score (nSPS) is 10.9. The second kappa shape index (κ2) is 8.30. The number of hydrazone groups is 1. The molecule has 1 N–H and O–H groups in total. The number of aromatic nitrogens is 1. The average Bonchev–Trinajstić information content (AvgIpc) is 2.66. The average molecular weight is 351 g/mol. The predicted octanol–water partition coefficient (Wildman–Crippen LogP) is 3.49. The van der Waals surface area contributed by atoms with Crippen LogP contribution in [0.2, 0.25) is 0 Å². The van der Waals surface area contributed by atoms with E-state index in [1.54, 1.807) is 19.5 Å². The summed E-state index contributed by atoms with van der Waals surface area (Å²) in [5.74, 6) is 0.791. The summed E-state index contributed by atoms with van der Waals surface area (Å²) in [6, 6.07) is 17.3. The van der Waals surface area contributed by atoms with Gasteiger partial charge in [-0.15, -0.1) is 11.8 Å². The summed E-state index contributed by atoms with van der Waals surface area (Å²) in [7, 11) is 1.60. The molecule has 25 heavy (non-hydrogen) atoms. The van der Waals surface area contributed by atoms with Gasteiger partial charge in [0.05, 0.1) is 24.6 Å². The van der Waals surface area contributed by atoms with E-state index in [-0.39, 0.29) is 11.7 Å². The fraction of sp³-hybridized carbons (Fsp3) is 0.105. The number of methoxy groups -OCH3 is 1. The Kier molecular flexibility index (Phi) is 5.64. The summed E-state index contributed by atoms with van der Waals surface area (Å²) >= 11 is 1.44. The van der Waals surface area contributed by atoms with Crippen LogP contribution in [0.25, 0.3) is 10.9 Å². The minimum Gasteiger partial charge on any atom is -0.496 e. The number of nitrogens with zero attached hydrogens (tertiary/aromatic N) is 2. The first-order valence-electron chi connectivity index (χ1n) is 7.69. The van der Waals surface area contributed by atoms with E-state index in [9.17, 15) is 4.79 Å². The smallest absolute Gasteiger partial charge is 0.250 e. The van der Waals surface area contributed by atoms with Gasteiger partial charge >= 0.3 is 0 Å². The van der Waals surface area contributed by atoms with Crippen LogP contribution in [0, 0.1) is 0 Å². The third kappa shape index (κ3) is 4.36. The first kappa shape index (κ1) is 17.0. The number of hydrogen-bond acceptors (Lipinski definition) is 5. The van der Waals surface area contributed by atoms with E-state index in [2.05, 4.69) is 15.5 Å². The summed E-state index contributed by atoms with van der Waals surface area (Å²) in [4.78, 5) is 17.4. The number of amides is 1. The van der Waals surface area contributed by atoms with Gasteiger partial charge in [0.25, 0.3) is 0 Å². The quantitative estimate of drug-likeness (QED) is 0.419. The van der Waals surface area contributed by atoms with E-state index < -0.39 is 0 Å². The Balaban J connectivity index is 1.59. The minimum atomic E-state index is -0.177. The molecule has 6 heteroatoms. The highest BCUT2D eigenvalue weighted by Crippen LogP contribution is 2.25. The molecular weight excluding hydrogens is 334 g/mol. The molecule has 0 fully saturated rings. The van der Waals surface area contributed by atoms with E-state index in [4.69, 9.17) is 4.74 Å². The van der Waals surface area contributed by atoms with Gasteiger partial charge in [0, 0.05) is 22.0 Å². The number of nitrogens with one attached hydrogen (secondary N) is 1. The number of benzene rings is 2. The SMILES string of the molecule is COc1ccccc1/C=N\NC(=O)CSc1cccc2cccnc12. The molecule has 0 aliphatic rings. The van der Waals surface area contributed by atoms with Crippen LogP contribution in [0.5, 0.6) is 5.75 Å². The molecule has 3 aromatic rings. The maximum atomic E-state index is 12.0. The zero-order chi connectivity index (χ0) is 17.5. The van der Waals surface area contributed by atoms with Crippen molar-refractivity contribution < 1.29 is 9.53 Å². The summed E-state index contributed by atoms with van der Waals surface area (Å²) in [5.41, 5.74) is 4.24. The molecular formula is C19H17N3O2S. The van der Waals surface area contributed by atoms with Crippen molar-refractivity contribution in [3.63, 3.8) is 0 Å². The molecule has 0 spiro atoms. The number of rotatable bonds is 6. The Morgan fingerprint density at radius 2 is 2.04 bits per heavy atom. The number of carbonyl (C=O) groups is 1. The summed E-state index contributed by atoms with van der Waals surface area (Å²) in [5, 5.41) is 5.05. The maximum absolute atomic E-state index is 12.0. The van der Waals surface area contributed by atoms with Crippen molar-refractivity contribution >= 4 is 34.8 Å². The number of thioether (sulfide) groups is 1. The number of pyridine rings is 1. The van der Waals surface area contributed by atoms with Crippen molar-refractivity contribution in [3.05, 3.63) is 66.4 Å². The Bertz CT molecular complexity index is 907. The lowest BCUT2D eigenvalue weighted by molar-refractivity contribution is -0.118. The van der Waals surface area contributed by atoms with E-state index in [0.29, 0.717) is 5.75 Å². The Morgan fingerprint density at radius 3 is 2.92 bits per heavy atom. The standard InChI is InChI=1S/C19H17N3O2S/c1-24-16-9-3-2-6-15(16)12-21-22-18(23)13-25-17-10-4-7-14-8-5-11-20-19(14)17/h2-12H,13H2,1H3,(H,22,23)/b21-12-. The fourth-order valence-electron chi connectivity index (χ4n) is 2.32. The molecule has 0 saturated heterocycles. The number of para-hydroxylation sites is 2. The molecule has 0 aliphatic carbocycles. The fourth-order valence-corrected chi connectivity index (χ4v) is 3.15. The van der Waals surface area contributed by atoms with Gasteiger partial charge in [0.2, 0.25) is 5.91 Å². The van der Waals surface area contributed by atoms with E-state index in [1.165, 1.54) is 11.8 Å². The molecule has 0 unspecified atom stereocenters. The molecule has 126 valence electrons. The molecule has 1 amide bonds. The highest BCUT2D eigenvalue weighted by Gasteiger charge is 2.06. The van der Waals surface area contributed by atoms with Crippen LogP contribution < -0.4 is 10.2 Å². The maximum Gasteiger partial charge on any atom is 0.250 e. The molecule has 0 radical (unpaired) electrons. The van der Waals surface area contributed by atoms with Gasteiger partial charge in [-0.1, -0.05) is 30.3 Å². The number of hydrogen-bond donors (Lipinski definition) is 1. The van der Waals surface area contributed by atoms with Gasteiger partial charge in [-0.2, -0.15) is 5.10 Å². The molecule has 1 aromatic heterocycles. The van der Waals surface area contributed by atoms with Crippen molar-refractivity contribution in [2.75, 3.05) is 12.9 Å². The van der Waals surface area contributed by atoms with Crippen LogP contribution in [0.15, 0.2) is 70.8 Å². The summed E-state index contributed by atoms with van der Waals surface area (Å²) < 4.78 is 5.23. The van der Waals surface area contributed by atoms with E-state index >= 15 is 0 Å². The first-order chi connectivity index (χ1) is 12.3. The van der Waals surface area contributed by atoms with E-state index in [0.717, 1.165) is 21.4 Å². The van der Waals surface area contributed by atoms with Crippen LogP contribution in [-0.4, -0.2) is 30.0 Å². The molecule has 5 nitrogen and oxygen atoms in total. The third-order valence-electron chi connectivity index (χ3n) is 3.49. The second-order valence-electron chi connectivity index (χ2n) is 5.16. The largest absolute Gasteiger partial charge is 0.496 e. The van der Waals surface area contributed by atoms with Gasteiger partial charge in [-0.25, -0.2) is 5.43 Å². The Labute approximate surface area is 150 Å². The molecule has 0 bridgehead atoms. The van der Waals surface area contributed by atoms with Crippen LogP contribution in [0.3, 0.4) is 0 Å². The van der Waals surface area contributed by atoms with Crippen LogP contribution >= 0.6 is 11.8 Å². The summed E-state index contributed by atoms with van der Waals surface area (Å²) in [6.07, 6.45) is 3.32. The molecule has 0 saturated carbocycles. The molecule has 0 aliphatic heterocycles. The van der Waals surface area contributed by atoms with E-state index in [1.807, 2.05) is 54.6 Å². The van der Waals surface area contributed by atoms with Crippen LogP contribution in [0.1, 0.15) is 5.56 Å². The van der Waals surface area contributed by atoms with Crippen molar-refractivity contribution in [2.24, 2.45) is 5.10 Å². The van der Waals surface area contributed by atoms with Gasteiger partial charge in [-0.05, 0) is 24.3 Å². The molecule has 1 heterocycles. The monoisotopic (exact) mass is 351 g/mol. The topological polar surface area (TPSA) is 63.6 Å². The highest BCUT2D eigenvalue weighted by molar-refractivity contribution is 8.00. The highest BCUT2D eigenvalue weighted by atomic mass is 32.2. The number of carbonyl (C=O) groups excluding carboxylic acids is 1. The predicted molar refractivity (Wildman–Crippen MR) is 101 cm³/mol.